The molecular weight excluding hydrogens is 236 g/mol. The lowest BCUT2D eigenvalue weighted by molar-refractivity contribution is -0.131. The third-order valence-electron chi connectivity index (χ3n) is 4.58. The molecule has 0 saturated carbocycles. The van der Waals surface area contributed by atoms with Gasteiger partial charge in [-0.1, -0.05) is 20.8 Å². The topological polar surface area (TPSA) is 46.3 Å². The Labute approximate surface area is 118 Å². The molecule has 0 radical (unpaired) electrons. The molecule has 0 aromatic carbocycles. The summed E-state index contributed by atoms with van der Waals surface area (Å²) in [7, 11) is 0. The van der Waals surface area contributed by atoms with Crippen LogP contribution in [0.4, 0.5) is 0 Å². The van der Waals surface area contributed by atoms with Gasteiger partial charge in [0.1, 0.15) is 0 Å². The van der Waals surface area contributed by atoms with Gasteiger partial charge in [-0.05, 0) is 56.4 Å². The highest BCUT2D eigenvalue weighted by Gasteiger charge is 2.22. The summed E-state index contributed by atoms with van der Waals surface area (Å²) < 4.78 is 0. The van der Waals surface area contributed by atoms with Gasteiger partial charge in [-0.25, -0.2) is 0 Å². The van der Waals surface area contributed by atoms with Gasteiger partial charge in [-0.2, -0.15) is 0 Å². The molecule has 3 heteroatoms. The molecule has 112 valence electrons. The summed E-state index contributed by atoms with van der Waals surface area (Å²) in [5, 5.41) is 0. The van der Waals surface area contributed by atoms with E-state index < -0.39 is 0 Å². The van der Waals surface area contributed by atoms with Crippen LogP contribution in [0.25, 0.3) is 0 Å². The zero-order valence-corrected chi connectivity index (χ0v) is 13.0. The Morgan fingerprint density at radius 3 is 2.58 bits per heavy atom. The lowest BCUT2D eigenvalue weighted by Crippen LogP contribution is -2.32. The molecular formula is C16H32N2O. The summed E-state index contributed by atoms with van der Waals surface area (Å²) >= 11 is 0. The highest BCUT2D eigenvalue weighted by atomic mass is 16.2. The Morgan fingerprint density at radius 2 is 1.95 bits per heavy atom. The third-order valence-corrected chi connectivity index (χ3v) is 4.58. The Kier molecular flexibility index (Phi) is 7.44. The minimum atomic E-state index is 0.355. The normalized spacial score (nSPS) is 22.4. The van der Waals surface area contributed by atoms with Crippen molar-refractivity contribution in [3.8, 4) is 0 Å². The second-order valence-corrected chi connectivity index (χ2v) is 6.54. The summed E-state index contributed by atoms with van der Waals surface area (Å²) in [5.74, 6) is 2.48. The van der Waals surface area contributed by atoms with Gasteiger partial charge in [0.2, 0.25) is 5.91 Å². The third kappa shape index (κ3) is 5.94. The number of amides is 1. The molecule has 1 saturated heterocycles. The number of nitrogens with zero attached hydrogens (tertiary/aromatic N) is 1. The van der Waals surface area contributed by atoms with Crippen molar-refractivity contribution in [2.45, 2.75) is 59.3 Å². The number of hydrogen-bond donors (Lipinski definition) is 1. The highest BCUT2D eigenvalue weighted by molar-refractivity contribution is 5.76. The largest absolute Gasteiger partial charge is 0.343 e. The number of rotatable bonds is 6. The predicted molar refractivity (Wildman–Crippen MR) is 80.8 cm³/mol. The van der Waals surface area contributed by atoms with Crippen LogP contribution in [0.3, 0.4) is 0 Å². The molecule has 1 fully saturated rings. The van der Waals surface area contributed by atoms with Gasteiger partial charge in [0.05, 0.1) is 0 Å². The van der Waals surface area contributed by atoms with Gasteiger partial charge in [-0.3, -0.25) is 4.79 Å². The van der Waals surface area contributed by atoms with E-state index in [1.54, 1.807) is 0 Å². The summed E-state index contributed by atoms with van der Waals surface area (Å²) in [5.41, 5.74) is 5.55. The lowest BCUT2D eigenvalue weighted by atomic mass is 9.89. The van der Waals surface area contributed by atoms with E-state index in [1.165, 1.54) is 19.3 Å². The molecule has 19 heavy (non-hydrogen) atoms. The molecule has 0 aromatic rings. The molecule has 0 bridgehead atoms. The molecule has 1 amide bonds. The van der Waals surface area contributed by atoms with E-state index in [-0.39, 0.29) is 0 Å². The molecule has 1 heterocycles. The smallest absolute Gasteiger partial charge is 0.222 e. The van der Waals surface area contributed by atoms with Crippen molar-refractivity contribution < 1.29 is 4.79 Å². The number of hydrogen-bond acceptors (Lipinski definition) is 2. The van der Waals surface area contributed by atoms with Gasteiger partial charge in [0.15, 0.2) is 0 Å². The van der Waals surface area contributed by atoms with Crippen LogP contribution < -0.4 is 5.73 Å². The van der Waals surface area contributed by atoms with Gasteiger partial charge in [-0.15, -0.1) is 0 Å². The SMILES string of the molecule is CC(CCN)CCC(=O)N1CCCC(C(C)C)CC1. The minimum Gasteiger partial charge on any atom is -0.343 e. The van der Waals surface area contributed by atoms with Crippen LogP contribution >= 0.6 is 0 Å². The van der Waals surface area contributed by atoms with Crippen molar-refractivity contribution in [3.63, 3.8) is 0 Å². The number of carbonyl (C=O) groups is 1. The Hall–Kier alpha value is -0.570. The van der Waals surface area contributed by atoms with Gasteiger partial charge in [0, 0.05) is 19.5 Å². The van der Waals surface area contributed by atoms with Crippen molar-refractivity contribution in [1.29, 1.82) is 0 Å². The number of nitrogens with two attached hydrogens (primary N) is 1. The fourth-order valence-electron chi connectivity index (χ4n) is 3.00. The fraction of sp³-hybridized carbons (Fsp3) is 0.938. The monoisotopic (exact) mass is 268 g/mol. The van der Waals surface area contributed by atoms with Crippen LogP contribution in [0.2, 0.25) is 0 Å². The van der Waals surface area contributed by atoms with E-state index in [1.807, 2.05) is 0 Å². The van der Waals surface area contributed by atoms with Gasteiger partial charge < -0.3 is 10.6 Å². The molecule has 0 aliphatic carbocycles. The molecule has 1 aliphatic heterocycles. The van der Waals surface area contributed by atoms with Crippen molar-refractivity contribution in [3.05, 3.63) is 0 Å². The van der Waals surface area contributed by atoms with Crippen LogP contribution in [0.5, 0.6) is 0 Å². The average Bonchev–Trinajstić information content (AvgIpc) is 2.62. The maximum absolute atomic E-state index is 12.2. The molecule has 2 N–H and O–H groups in total. The van der Waals surface area contributed by atoms with Crippen LogP contribution in [-0.2, 0) is 4.79 Å². The first-order chi connectivity index (χ1) is 9.04. The van der Waals surface area contributed by atoms with Crippen molar-refractivity contribution in [1.82, 2.24) is 4.90 Å². The van der Waals surface area contributed by atoms with Gasteiger partial charge in [0.25, 0.3) is 0 Å². The first-order valence-electron chi connectivity index (χ1n) is 8.02. The van der Waals surface area contributed by atoms with E-state index in [0.717, 1.165) is 44.3 Å². The van der Waals surface area contributed by atoms with E-state index >= 15 is 0 Å². The highest BCUT2D eigenvalue weighted by Crippen LogP contribution is 2.25. The van der Waals surface area contributed by atoms with Crippen molar-refractivity contribution in [2.24, 2.45) is 23.5 Å². The zero-order chi connectivity index (χ0) is 14.3. The van der Waals surface area contributed by atoms with Crippen LogP contribution in [0.15, 0.2) is 0 Å². The summed E-state index contributed by atoms with van der Waals surface area (Å²) in [6.45, 7) is 9.46. The quantitative estimate of drug-likeness (QED) is 0.805. The Morgan fingerprint density at radius 1 is 1.21 bits per heavy atom. The molecule has 1 aliphatic rings. The maximum Gasteiger partial charge on any atom is 0.222 e. The second-order valence-electron chi connectivity index (χ2n) is 6.54. The first kappa shape index (κ1) is 16.5. The molecule has 0 spiro atoms. The molecule has 0 aromatic heterocycles. The zero-order valence-electron chi connectivity index (χ0n) is 13.0. The average molecular weight is 268 g/mol. The first-order valence-corrected chi connectivity index (χ1v) is 8.02. The standard InChI is InChI=1S/C16H32N2O/c1-13(2)15-5-4-11-18(12-9-15)16(19)7-6-14(3)8-10-17/h13-15H,4-12,17H2,1-3H3. The van der Waals surface area contributed by atoms with Crippen LogP contribution in [0, 0.1) is 17.8 Å². The van der Waals surface area contributed by atoms with Crippen molar-refractivity contribution in [2.75, 3.05) is 19.6 Å². The summed E-state index contributed by atoms with van der Waals surface area (Å²) in [6.07, 6.45) is 6.36. The molecule has 2 unspecified atom stereocenters. The van der Waals surface area contributed by atoms with Crippen molar-refractivity contribution >= 4 is 5.91 Å². The minimum absolute atomic E-state index is 0.355. The van der Waals surface area contributed by atoms with Crippen LogP contribution in [-0.4, -0.2) is 30.4 Å². The predicted octanol–water partition coefficient (Wildman–Crippen LogP) is 3.04. The summed E-state index contributed by atoms with van der Waals surface area (Å²) in [4.78, 5) is 14.3. The Bertz CT molecular complexity index is 265. The fourth-order valence-corrected chi connectivity index (χ4v) is 3.00. The lowest BCUT2D eigenvalue weighted by Gasteiger charge is -2.22. The van der Waals surface area contributed by atoms with E-state index in [9.17, 15) is 4.79 Å². The summed E-state index contributed by atoms with van der Waals surface area (Å²) in [6, 6.07) is 0. The molecule has 1 rings (SSSR count). The van der Waals surface area contributed by atoms with E-state index in [4.69, 9.17) is 5.73 Å². The van der Waals surface area contributed by atoms with Gasteiger partial charge >= 0.3 is 0 Å². The van der Waals surface area contributed by atoms with E-state index in [2.05, 4.69) is 25.7 Å². The van der Waals surface area contributed by atoms with Crippen LogP contribution in [0.1, 0.15) is 59.3 Å². The van der Waals surface area contributed by atoms with E-state index in [0.29, 0.717) is 18.2 Å². The maximum atomic E-state index is 12.2. The second kappa shape index (κ2) is 8.57. The number of carbonyl (C=O) groups excluding carboxylic acids is 1. The number of likely N-dealkylation sites (tertiary alicyclic amines) is 1. The molecule has 2 atom stereocenters. The Balaban J connectivity index is 2.32. The molecule has 3 nitrogen and oxygen atoms in total.